The molecule has 6 heteroatoms. The molecule has 25 rings (SSSR count). The molecule has 0 saturated heterocycles. The molecule has 0 fully saturated rings. The van der Waals surface area contributed by atoms with E-state index in [0.717, 1.165) is 50.9 Å². The summed E-state index contributed by atoms with van der Waals surface area (Å²) in [4.78, 5) is 11.3. The molecule has 2 aromatic heterocycles. The zero-order valence-corrected chi connectivity index (χ0v) is 71.0. The Bertz CT molecular complexity index is 7480. The zero-order valence-electron chi connectivity index (χ0n) is 68.6. The summed E-state index contributed by atoms with van der Waals surface area (Å²) in [6, 6.07) is 173. The minimum Gasteiger partial charge on any atom is -0.458 e. The third-order valence-corrected chi connectivity index (χ3v) is 29.7. The highest BCUT2D eigenvalue weighted by Crippen LogP contribution is 2.67. The molecule has 19 aromatic carbocycles. The zero-order chi connectivity index (χ0) is 83.2. The molecule has 0 saturated carbocycles. The molecule has 4 heterocycles. The number of nitrogens with zero attached hydrogens (tertiary/aromatic N) is 2. The van der Waals surface area contributed by atoms with Gasteiger partial charge in [-0.25, -0.2) is 0 Å². The van der Waals surface area contributed by atoms with Crippen LogP contribution in [0.25, 0.3) is 121 Å². The lowest BCUT2D eigenvalue weighted by Crippen LogP contribution is -2.31. The highest BCUT2D eigenvalue weighted by Gasteiger charge is 2.54. The van der Waals surface area contributed by atoms with Gasteiger partial charge in [-0.15, -0.1) is 11.3 Å². The van der Waals surface area contributed by atoms with Crippen LogP contribution in [-0.4, -0.2) is 0 Å². The molecule has 2 aliphatic carbocycles. The average Bonchev–Trinajstić information content (AvgIpc) is 1.51. The standard InChI is InChI=1S/C63H41NS2.C57H37NOS/c1-3-13-42(14-4-1)44-23-27-46(28-24-44)48-31-35-50(36-32-48)64(51-37-33-49(34-38-51)47-29-25-45(26-30-47)43-15-5-2-6-16-43)52-39-40-55-60(41-52)66-62-61(55)65-59-22-12-11-21-58(59)63(62)56-19-9-7-17-53(56)54-18-8-10-20-57(54)63;1-3-13-38(14-4-1)40-23-25-41(26-24-40)43-29-33-45(34-30-43)58(44-31-27-42(28-32-44)39-15-5-2-6-16-39)46-35-36-49-53(37-46)59-56-55(49)60-54-22-12-11-21-52(54)57(56)50-19-9-7-17-47(50)48-18-8-10-20-51(48)57/h1-41H;1-37H. The summed E-state index contributed by atoms with van der Waals surface area (Å²) in [5.74, 6) is 0.997. The number of rotatable bonds is 13. The number of benzene rings is 19. The van der Waals surface area contributed by atoms with Crippen LogP contribution in [0.1, 0.15) is 44.0 Å². The molecule has 0 amide bonds. The summed E-state index contributed by atoms with van der Waals surface area (Å²) in [6.45, 7) is 0. The average molecular weight is 1660 g/mol. The lowest BCUT2D eigenvalue weighted by Gasteiger charge is -2.37. The van der Waals surface area contributed by atoms with Gasteiger partial charge in [0.25, 0.3) is 0 Å². The maximum absolute atomic E-state index is 7.31. The van der Waals surface area contributed by atoms with E-state index >= 15 is 0 Å². The number of furan rings is 1. The van der Waals surface area contributed by atoms with Gasteiger partial charge in [0.05, 0.1) is 10.3 Å². The molecule has 2 spiro atoms. The molecule has 21 aromatic rings. The second kappa shape index (κ2) is 31.1. The van der Waals surface area contributed by atoms with Crippen molar-refractivity contribution in [2.45, 2.75) is 30.4 Å². The molecule has 4 aliphatic rings. The van der Waals surface area contributed by atoms with Gasteiger partial charge in [0.2, 0.25) is 0 Å². The van der Waals surface area contributed by atoms with Crippen LogP contribution in [0.2, 0.25) is 0 Å². The van der Waals surface area contributed by atoms with E-state index < -0.39 is 10.8 Å². The fourth-order valence-corrected chi connectivity index (χ4v) is 24.2. The van der Waals surface area contributed by atoms with Crippen molar-refractivity contribution in [2.24, 2.45) is 0 Å². The number of hydrogen-bond acceptors (Lipinski definition) is 6. The van der Waals surface area contributed by atoms with Crippen molar-refractivity contribution in [3.63, 3.8) is 0 Å². The number of hydrogen-bond donors (Lipinski definition) is 0. The van der Waals surface area contributed by atoms with Crippen molar-refractivity contribution >= 4 is 90.0 Å². The van der Waals surface area contributed by atoms with Crippen LogP contribution in [0.15, 0.2) is 497 Å². The summed E-state index contributed by atoms with van der Waals surface area (Å²) in [7, 11) is 0. The van der Waals surface area contributed by atoms with Gasteiger partial charge < -0.3 is 14.2 Å². The van der Waals surface area contributed by atoms with Crippen LogP contribution >= 0.6 is 34.9 Å². The molecule has 0 N–H and O–H groups in total. The summed E-state index contributed by atoms with van der Waals surface area (Å²) >= 11 is 5.72. The van der Waals surface area contributed by atoms with Crippen molar-refractivity contribution in [1.29, 1.82) is 0 Å². The van der Waals surface area contributed by atoms with Gasteiger partial charge in [-0.3, -0.25) is 0 Å². The van der Waals surface area contributed by atoms with E-state index in [-0.39, 0.29) is 0 Å². The van der Waals surface area contributed by atoms with Gasteiger partial charge in [-0.2, -0.15) is 0 Å². The molecule has 0 radical (unpaired) electrons. The van der Waals surface area contributed by atoms with Crippen molar-refractivity contribution in [3.8, 4) is 100 Å². The normalized spacial score (nSPS) is 13.0. The molecule has 0 unspecified atom stereocenters. The molecule has 2 aliphatic heterocycles. The number of anilines is 6. The van der Waals surface area contributed by atoms with Gasteiger partial charge in [0.1, 0.15) is 16.8 Å². The third kappa shape index (κ3) is 12.5. The molecule has 592 valence electrons. The fourth-order valence-electron chi connectivity index (χ4n) is 20.0. The van der Waals surface area contributed by atoms with Crippen LogP contribution < -0.4 is 9.80 Å². The highest BCUT2D eigenvalue weighted by molar-refractivity contribution is 8.00. The number of fused-ring (bicyclic) bond motifs is 22. The quantitative estimate of drug-likeness (QED) is 0.114. The number of thiophene rings is 1. The Labute approximate surface area is 746 Å². The predicted molar refractivity (Wildman–Crippen MR) is 528 cm³/mol. The first kappa shape index (κ1) is 74.8. The third-order valence-electron chi connectivity index (χ3n) is 25.9. The van der Waals surface area contributed by atoms with Gasteiger partial charge in [-0.1, -0.05) is 406 Å². The summed E-state index contributed by atoms with van der Waals surface area (Å²) in [5, 5.41) is 2.44. The minimum atomic E-state index is -0.564. The lowest BCUT2D eigenvalue weighted by atomic mass is 9.70. The first-order valence-electron chi connectivity index (χ1n) is 43.1. The van der Waals surface area contributed by atoms with Crippen molar-refractivity contribution in [1.82, 2.24) is 0 Å². The van der Waals surface area contributed by atoms with E-state index in [1.807, 2.05) is 34.9 Å². The fraction of sp³-hybridized carbons (Fsp3) is 0.0167. The van der Waals surface area contributed by atoms with Crippen LogP contribution in [0.5, 0.6) is 0 Å². The second-order valence-corrected chi connectivity index (χ2v) is 36.0. The summed E-state index contributed by atoms with van der Waals surface area (Å²) in [5.41, 5.74) is 36.4. The van der Waals surface area contributed by atoms with E-state index in [0.29, 0.717) is 0 Å². The monoisotopic (exact) mass is 1660 g/mol. The molecule has 0 bridgehead atoms. The van der Waals surface area contributed by atoms with Gasteiger partial charge in [0, 0.05) is 75.2 Å². The predicted octanol–water partition coefficient (Wildman–Crippen LogP) is 33.6. The van der Waals surface area contributed by atoms with E-state index in [4.69, 9.17) is 4.42 Å². The van der Waals surface area contributed by atoms with E-state index in [1.165, 1.54) is 168 Å². The second-order valence-electron chi connectivity index (χ2n) is 32.8. The minimum absolute atomic E-state index is 0.391. The smallest absolute Gasteiger partial charge is 0.138 e. The van der Waals surface area contributed by atoms with Gasteiger partial charge >= 0.3 is 0 Å². The maximum Gasteiger partial charge on any atom is 0.138 e. The maximum atomic E-state index is 7.31. The van der Waals surface area contributed by atoms with Crippen LogP contribution in [0.3, 0.4) is 0 Å². The molecular weight excluding hydrogens is 1580 g/mol. The van der Waals surface area contributed by atoms with Gasteiger partial charge in [-0.05, 0) is 218 Å². The molecule has 3 nitrogen and oxygen atoms in total. The van der Waals surface area contributed by atoms with Crippen LogP contribution in [-0.2, 0) is 10.8 Å². The SMILES string of the molecule is c1ccc(-c2ccc(-c3ccc(N(c4ccc(-c5ccc(-c6ccccc6)cc5)cc4)c4ccc5c6c(sc5c4)C4(c5ccccc5S6)c5ccccc5-c5ccccc54)cc3)cc2)cc1.c1ccc(-c2ccc(-c3ccc(N(c4ccc(-c5ccccc5)cc4)c4ccc5c6c(oc5c4)C4(c5ccccc5S6)c5ccccc5-c5ccccc54)cc3)cc2)cc1. The highest BCUT2D eigenvalue weighted by atomic mass is 32.2. The van der Waals surface area contributed by atoms with E-state index in [1.54, 1.807) is 0 Å². The Morgan fingerprint density at radius 3 is 0.802 bits per heavy atom. The van der Waals surface area contributed by atoms with Crippen molar-refractivity contribution in [3.05, 3.63) is 517 Å². The summed E-state index contributed by atoms with van der Waals surface area (Å²) < 4.78 is 8.60. The van der Waals surface area contributed by atoms with Crippen molar-refractivity contribution in [2.75, 3.05) is 9.80 Å². The van der Waals surface area contributed by atoms with Crippen LogP contribution in [0, 0.1) is 0 Å². The first-order chi connectivity index (χ1) is 62.4. The van der Waals surface area contributed by atoms with Crippen LogP contribution in [0.4, 0.5) is 34.1 Å². The Hall–Kier alpha value is -15.0. The molecular formula is C120H78N2OS3. The van der Waals surface area contributed by atoms with E-state index in [2.05, 4.69) is 483 Å². The topological polar surface area (TPSA) is 19.6 Å². The van der Waals surface area contributed by atoms with Crippen molar-refractivity contribution < 1.29 is 4.42 Å². The Kier molecular flexibility index (Phi) is 18.5. The Morgan fingerprint density at radius 1 is 0.198 bits per heavy atom. The summed E-state index contributed by atoms with van der Waals surface area (Å²) in [6.07, 6.45) is 0. The first-order valence-corrected chi connectivity index (χ1v) is 45.5. The molecule has 126 heavy (non-hydrogen) atoms. The Balaban J connectivity index is 0.000000142. The largest absolute Gasteiger partial charge is 0.458 e. The van der Waals surface area contributed by atoms with Gasteiger partial charge in [0.15, 0.2) is 0 Å². The lowest BCUT2D eigenvalue weighted by molar-refractivity contribution is 0.478. The molecule has 0 atom stereocenters. The van der Waals surface area contributed by atoms with E-state index in [9.17, 15) is 0 Å². The Morgan fingerprint density at radius 2 is 0.452 bits per heavy atom.